The largest absolute Gasteiger partial charge is 0.417 e. The zero-order valence-corrected chi connectivity index (χ0v) is 10.9. The number of ether oxygens (including phenoxy) is 1. The van der Waals surface area contributed by atoms with Gasteiger partial charge in [-0.1, -0.05) is 30.3 Å². The molecule has 0 radical (unpaired) electrons. The van der Waals surface area contributed by atoms with Gasteiger partial charge in [0.15, 0.2) is 5.75 Å². The Morgan fingerprint density at radius 2 is 1.86 bits per heavy atom. The molecule has 0 unspecified atom stereocenters. The number of fused-ring (bicyclic) bond motifs is 1. The molecule has 3 rings (SSSR count). The van der Waals surface area contributed by atoms with Gasteiger partial charge in [-0.25, -0.2) is 9.18 Å². The molecule has 0 saturated carbocycles. The van der Waals surface area contributed by atoms with Gasteiger partial charge in [0.2, 0.25) is 0 Å². The van der Waals surface area contributed by atoms with Crippen molar-refractivity contribution in [1.29, 1.82) is 0 Å². The number of rotatable bonds is 2. The molecule has 21 heavy (non-hydrogen) atoms. The van der Waals surface area contributed by atoms with Crippen LogP contribution in [0, 0.1) is 5.82 Å². The van der Waals surface area contributed by atoms with E-state index in [1.54, 1.807) is 36.5 Å². The maximum atomic E-state index is 13.5. The third-order valence-electron chi connectivity index (χ3n) is 2.91. The lowest BCUT2D eigenvalue weighted by Gasteiger charge is -2.08. The maximum absolute atomic E-state index is 13.5. The molecule has 1 amide bonds. The lowest BCUT2D eigenvalue weighted by Crippen LogP contribution is -2.17. The van der Waals surface area contributed by atoms with Gasteiger partial charge >= 0.3 is 6.09 Å². The zero-order valence-electron chi connectivity index (χ0n) is 10.9. The van der Waals surface area contributed by atoms with E-state index in [0.29, 0.717) is 11.3 Å². The fraction of sp³-hybridized carbons (Fsp3) is 0. The number of carbonyl (C=O) groups excluding carboxylic acids is 1. The topological polar surface area (TPSA) is 51.2 Å². The normalized spacial score (nSPS) is 10.3. The van der Waals surface area contributed by atoms with E-state index in [9.17, 15) is 9.18 Å². The van der Waals surface area contributed by atoms with Crippen LogP contribution in [0.4, 0.5) is 14.9 Å². The number of anilines is 1. The highest BCUT2D eigenvalue weighted by atomic mass is 19.1. The Kier molecular flexibility index (Phi) is 3.47. The highest BCUT2D eigenvalue weighted by Gasteiger charge is 2.10. The monoisotopic (exact) mass is 282 g/mol. The first-order valence-electron chi connectivity index (χ1n) is 6.31. The Labute approximate surface area is 120 Å². The molecule has 4 nitrogen and oxygen atoms in total. The lowest BCUT2D eigenvalue weighted by molar-refractivity contribution is 0.215. The van der Waals surface area contributed by atoms with Crippen LogP contribution in [0.3, 0.4) is 0 Å². The summed E-state index contributed by atoms with van der Waals surface area (Å²) in [4.78, 5) is 16.0. The molecule has 1 heterocycles. The molecule has 0 aliphatic carbocycles. The zero-order chi connectivity index (χ0) is 14.7. The quantitative estimate of drug-likeness (QED) is 0.773. The number of benzene rings is 2. The number of hydrogen-bond donors (Lipinski definition) is 1. The minimum Gasteiger partial charge on any atom is -0.408 e. The second kappa shape index (κ2) is 5.58. The standard InChI is InChI=1S/C16H11FN2O2/c17-12-7-1-2-8-13(12)19-16(20)21-14-9-3-5-11-6-4-10-18-15(11)14/h1-10H,(H,19,20). The van der Waals surface area contributed by atoms with Crippen LogP contribution in [-0.4, -0.2) is 11.1 Å². The summed E-state index contributed by atoms with van der Waals surface area (Å²) in [6.45, 7) is 0. The van der Waals surface area contributed by atoms with E-state index in [4.69, 9.17) is 4.74 Å². The number of nitrogens with zero attached hydrogens (tertiary/aromatic N) is 1. The van der Waals surface area contributed by atoms with Gasteiger partial charge in [0.1, 0.15) is 11.3 Å². The first kappa shape index (κ1) is 13.1. The molecule has 0 saturated heterocycles. The van der Waals surface area contributed by atoms with E-state index in [-0.39, 0.29) is 5.69 Å². The summed E-state index contributed by atoms with van der Waals surface area (Å²) in [5.74, 6) is -0.201. The van der Waals surface area contributed by atoms with E-state index in [2.05, 4.69) is 10.3 Å². The smallest absolute Gasteiger partial charge is 0.408 e. The Balaban J connectivity index is 1.82. The van der Waals surface area contributed by atoms with Crippen LogP contribution < -0.4 is 10.1 Å². The summed E-state index contributed by atoms with van der Waals surface area (Å²) < 4.78 is 18.7. The number of aromatic nitrogens is 1. The molecule has 0 aliphatic rings. The van der Waals surface area contributed by atoms with Gasteiger partial charge in [-0.15, -0.1) is 0 Å². The number of carbonyl (C=O) groups is 1. The number of amides is 1. The van der Waals surface area contributed by atoms with Crippen molar-refractivity contribution in [2.45, 2.75) is 0 Å². The molecule has 2 aromatic carbocycles. The molecular weight excluding hydrogens is 271 g/mol. The highest BCUT2D eigenvalue weighted by Crippen LogP contribution is 2.23. The van der Waals surface area contributed by atoms with Gasteiger partial charge in [0.05, 0.1) is 5.69 Å². The highest BCUT2D eigenvalue weighted by molar-refractivity contribution is 5.91. The van der Waals surface area contributed by atoms with Crippen LogP contribution in [0.15, 0.2) is 60.8 Å². The number of pyridine rings is 1. The summed E-state index contributed by atoms with van der Waals surface area (Å²) in [6, 6.07) is 14.8. The third-order valence-corrected chi connectivity index (χ3v) is 2.91. The van der Waals surface area contributed by atoms with Gasteiger partial charge in [0.25, 0.3) is 0 Å². The van der Waals surface area contributed by atoms with Crippen LogP contribution in [0.2, 0.25) is 0 Å². The second-order valence-corrected chi connectivity index (χ2v) is 4.33. The lowest BCUT2D eigenvalue weighted by atomic mass is 10.2. The van der Waals surface area contributed by atoms with Crippen molar-refractivity contribution in [1.82, 2.24) is 4.98 Å². The van der Waals surface area contributed by atoms with Gasteiger partial charge in [0, 0.05) is 11.6 Å². The van der Waals surface area contributed by atoms with Crippen molar-refractivity contribution in [3.8, 4) is 5.75 Å². The predicted molar refractivity (Wildman–Crippen MR) is 77.8 cm³/mol. The van der Waals surface area contributed by atoms with E-state index >= 15 is 0 Å². The summed E-state index contributed by atoms with van der Waals surface area (Å²) in [5.41, 5.74) is 0.638. The molecule has 3 aromatic rings. The first-order chi connectivity index (χ1) is 10.2. The number of para-hydroxylation sites is 2. The van der Waals surface area contributed by atoms with Crippen LogP contribution in [0.1, 0.15) is 0 Å². The van der Waals surface area contributed by atoms with Crippen LogP contribution in [-0.2, 0) is 0 Å². The number of hydrogen-bond acceptors (Lipinski definition) is 3. The Hall–Kier alpha value is -2.95. The van der Waals surface area contributed by atoms with Gasteiger partial charge in [-0.3, -0.25) is 10.3 Å². The Morgan fingerprint density at radius 1 is 1.05 bits per heavy atom. The molecule has 0 spiro atoms. The third kappa shape index (κ3) is 2.81. The van der Waals surface area contributed by atoms with Gasteiger partial charge < -0.3 is 4.74 Å². The summed E-state index contributed by atoms with van der Waals surface area (Å²) in [6.07, 6.45) is 0.850. The fourth-order valence-corrected chi connectivity index (χ4v) is 1.96. The van der Waals surface area contributed by atoms with Crippen molar-refractivity contribution in [2.24, 2.45) is 0 Å². The Bertz CT molecular complexity index is 800. The van der Waals surface area contributed by atoms with Crippen molar-refractivity contribution in [3.05, 3.63) is 66.6 Å². The van der Waals surface area contributed by atoms with Gasteiger partial charge in [-0.05, 0) is 24.3 Å². The molecule has 0 bridgehead atoms. The Morgan fingerprint density at radius 3 is 2.71 bits per heavy atom. The summed E-state index contributed by atoms with van der Waals surface area (Å²) in [5, 5.41) is 3.21. The van der Waals surface area contributed by atoms with Crippen molar-refractivity contribution >= 4 is 22.7 Å². The fourth-order valence-electron chi connectivity index (χ4n) is 1.96. The SMILES string of the molecule is O=C(Nc1ccccc1F)Oc1cccc2cccnc12. The molecular formula is C16H11FN2O2. The molecule has 0 aliphatic heterocycles. The van der Waals surface area contributed by atoms with Crippen LogP contribution in [0.25, 0.3) is 10.9 Å². The van der Waals surface area contributed by atoms with E-state index in [1.165, 1.54) is 12.1 Å². The summed E-state index contributed by atoms with van der Waals surface area (Å²) in [7, 11) is 0. The molecule has 1 aromatic heterocycles. The average Bonchev–Trinajstić information content (AvgIpc) is 2.50. The second-order valence-electron chi connectivity index (χ2n) is 4.33. The van der Waals surface area contributed by atoms with E-state index in [0.717, 1.165) is 5.39 Å². The molecule has 0 fully saturated rings. The molecule has 5 heteroatoms. The van der Waals surface area contributed by atoms with Crippen LogP contribution >= 0.6 is 0 Å². The summed E-state index contributed by atoms with van der Waals surface area (Å²) >= 11 is 0. The molecule has 104 valence electrons. The van der Waals surface area contributed by atoms with Crippen molar-refractivity contribution in [3.63, 3.8) is 0 Å². The maximum Gasteiger partial charge on any atom is 0.417 e. The first-order valence-corrected chi connectivity index (χ1v) is 6.31. The van der Waals surface area contributed by atoms with Gasteiger partial charge in [-0.2, -0.15) is 0 Å². The minimum atomic E-state index is -0.766. The predicted octanol–water partition coefficient (Wildman–Crippen LogP) is 3.98. The van der Waals surface area contributed by atoms with Crippen LogP contribution in [0.5, 0.6) is 5.75 Å². The number of halogens is 1. The van der Waals surface area contributed by atoms with Crippen molar-refractivity contribution < 1.29 is 13.9 Å². The van der Waals surface area contributed by atoms with E-state index in [1.807, 2.05) is 12.1 Å². The minimum absolute atomic E-state index is 0.0655. The van der Waals surface area contributed by atoms with E-state index < -0.39 is 11.9 Å². The molecule has 0 atom stereocenters. The average molecular weight is 282 g/mol. The van der Waals surface area contributed by atoms with Crippen molar-refractivity contribution in [2.75, 3.05) is 5.32 Å². The molecule has 1 N–H and O–H groups in total. The number of nitrogens with one attached hydrogen (secondary N) is 1.